The van der Waals surface area contributed by atoms with E-state index in [-0.39, 0.29) is 6.54 Å². The molecule has 1 aliphatic rings. The average molecular weight is 514 g/mol. The summed E-state index contributed by atoms with van der Waals surface area (Å²) in [5, 5.41) is 30.1. The van der Waals surface area contributed by atoms with Gasteiger partial charge < -0.3 is 19.8 Å². The summed E-state index contributed by atoms with van der Waals surface area (Å²) in [5.41, 5.74) is 2.51. The number of fused-ring (bicyclic) bond motifs is 1. The van der Waals surface area contributed by atoms with Crippen molar-refractivity contribution in [2.75, 3.05) is 44.4 Å². The lowest BCUT2D eigenvalue weighted by Gasteiger charge is -2.29. The number of hydrogen-bond acceptors (Lipinski definition) is 8. The summed E-state index contributed by atoms with van der Waals surface area (Å²) in [7, 11) is -4.13. The summed E-state index contributed by atoms with van der Waals surface area (Å²) in [4.78, 5) is 3.52. The standard InChI is InChI=1S/C25H27N3O5S2/c1-17(25(14-26)35(31,32)27-15-22(30)16-29)23-6-7-24(34-23)20-3-2-19-13-21(5-4-18(19)12-20)28-8-10-33-11-9-28/h2-7,12-13,22,27,29-30H,8-11,15-16H2,1H3. The molecule has 1 unspecified atom stereocenters. The SMILES string of the molecule is CC(=C(C#N)S(=O)(=O)NCC(O)CO)c1ccc(-c2ccc3cc(N4CCOCC4)ccc3c2)s1. The Labute approximate surface area is 208 Å². The minimum atomic E-state index is -4.13. The normalized spacial score (nSPS) is 16.1. The van der Waals surface area contributed by atoms with Crippen molar-refractivity contribution in [1.82, 2.24) is 4.72 Å². The first-order valence-corrected chi connectivity index (χ1v) is 13.5. The highest BCUT2D eigenvalue weighted by atomic mass is 32.2. The molecule has 0 aliphatic carbocycles. The number of thiophene rings is 1. The Balaban J connectivity index is 1.59. The summed E-state index contributed by atoms with van der Waals surface area (Å²) in [6.45, 7) is 3.86. The number of aliphatic hydroxyl groups excluding tert-OH is 2. The van der Waals surface area contributed by atoms with E-state index in [4.69, 9.17) is 9.84 Å². The Morgan fingerprint density at radius 1 is 1.17 bits per heavy atom. The maximum absolute atomic E-state index is 12.6. The van der Waals surface area contributed by atoms with Crippen LogP contribution in [0.25, 0.3) is 26.8 Å². The van der Waals surface area contributed by atoms with E-state index >= 15 is 0 Å². The van der Waals surface area contributed by atoms with Gasteiger partial charge in [0.05, 0.1) is 25.9 Å². The molecule has 0 spiro atoms. The number of nitrogens with zero attached hydrogens (tertiary/aromatic N) is 2. The minimum Gasteiger partial charge on any atom is -0.394 e. The van der Waals surface area contributed by atoms with Crippen molar-refractivity contribution >= 4 is 43.4 Å². The lowest BCUT2D eigenvalue weighted by atomic mass is 10.0. The molecule has 8 nitrogen and oxygen atoms in total. The number of sulfonamides is 1. The third-order valence-electron chi connectivity index (χ3n) is 5.89. The van der Waals surface area contributed by atoms with Crippen LogP contribution in [0.3, 0.4) is 0 Å². The lowest BCUT2D eigenvalue weighted by molar-refractivity contribution is 0.0989. The predicted octanol–water partition coefficient (Wildman–Crippen LogP) is 2.93. The van der Waals surface area contributed by atoms with Crippen molar-refractivity contribution in [3.63, 3.8) is 0 Å². The number of allylic oxidation sites excluding steroid dienone is 2. The molecular formula is C25H27N3O5S2. The first-order chi connectivity index (χ1) is 16.8. The van der Waals surface area contributed by atoms with Gasteiger partial charge in [-0.1, -0.05) is 18.2 Å². The molecule has 3 aromatic rings. The number of nitrogens with one attached hydrogen (secondary N) is 1. The van der Waals surface area contributed by atoms with Gasteiger partial charge >= 0.3 is 0 Å². The summed E-state index contributed by atoms with van der Waals surface area (Å²) in [5.74, 6) is 0. The van der Waals surface area contributed by atoms with Gasteiger partial charge in [-0.2, -0.15) is 5.26 Å². The molecule has 2 heterocycles. The summed E-state index contributed by atoms with van der Waals surface area (Å²) < 4.78 is 32.8. The van der Waals surface area contributed by atoms with Crippen molar-refractivity contribution in [3.05, 3.63) is 58.3 Å². The van der Waals surface area contributed by atoms with Gasteiger partial charge in [0.15, 0.2) is 4.91 Å². The van der Waals surface area contributed by atoms with Crippen LogP contribution in [0.15, 0.2) is 53.4 Å². The number of anilines is 1. The molecular weight excluding hydrogens is 486 g/mol. The second-order valence-corrected chi connectivity index (χ2v) is 11.1. The van der Waals surface area contributed by atoms with Crippen LogP contribution in [-0.2, 0) is 14.8 Å². The Morgan fingerprint density at radius 2 is 1.89 bits per heavy atom. The topological polar surface area (TPSA) is 123 Å². The van der Waals surface area contributed by atoms with E-state index in [9.17, 15) is 18.8 Å². The van der Waals surface area contributed by atoms with Crippen LogP contribution in [0.1, 0.15) is 11.8 Å². The Bertz CT molecular complexity index is 1390. The monoisotopic (exact) mass is 513 g/mol. The fourth-order valence-electron chi connectivity index (χ4n) is 3.90. The number of hydrogen-bond donors (Lipinski definition) is 3. The fourth-order valence-corrected chi connectivity index (χ4v) is 6.16. The first kappa shape index (κ1) is 25.3. The van der Waals surface area contributed by atoms with Crippen molar-refractivity contribution in [3.8, 4) is 16.5 Å². The number of morpholine rings is 1. The molecule has 1 fully saturated rings. The number of aliphatic hydroxyl groups is 2. The quantitative estimate of drug-likeness (QED) is 0.396. The molecule has 4 rings (SSSR count). The third-order valence-corrected chi connectivity index (χ3v) is 8.63. The molecule has 0 saturated carbocycles. The number of nitriles is 1. The predicted molar refractivity (Wildman–Crippen MR) is 139 cm³/mol. The highest BCUT2D eigenvalue weighted by Crippen LogP contribution is 2.35. The zero-order chi connectivity index (χ0) is 25.0. The van der Waals surface area contributed by atoms with Gasteiger partial charge in [-0.05, 0) is 59.2 Å². The third kappa shape index (κ3) is 5.73. The highest BCUT2D eigenvalue weighted by molar-refractivity contribution is 7.93. The fraction of sp³-hybridized carbons (Fsp3) is 0.320. The van der Waals surface area contributed by atoms with Gasteiger partial charge in [-0.25, -0.2) is 13.1 Å². The number of rotatable bonds is 8. The van der Waals surface area contributed by atoms with Gasteiger partial charge in [0, 0.05) is 35.1 Å². The first-order valence-electron chi connectivity index (χ1n) is 11.2. The minimum absolute atomic E-state index is 0.325. The Morgan fingerprint density at radius 3 is 2.60 bits per heavy atom. The molecule has 3 N–H and O–H groups in total. The van der Waals surface area contributed by atoms with E-state index in [0.717, 1.165) is 47.5 Å². The van der Waals surface area contributed by atoms with Gasteiger partial charge in [0.2, 0.25) is 0 Å². The molecule has 10 heteroatoms. The van der Waals surface area contributed by atoms with Crippen molar-refractivity contribution < 1.29 is 23.4 Å². The molecule has 1 saturated heterocycles. The van der Waals surface area contributed by atoms with Crippen molar-refractivity contribution in [2.45, 2.75) is 13.0 Å². The maximum Gasteiger partial charge on any atom is 0.251 e. The van der Waals surface area contributed by atoms with Crippen LogP contribution in [0.5, 0.6) is 0 Å². The van der Waals surface area contributed by atoms with Gasteiger partial charge in [-0.3, -0.25) is 0 Å². The Kier molecular flexibility index (Phi) is 7.86. The summed E-state index contributed by atoms with van der Waals surface area (Å²) in [6.07, 6.45) is -1.24. The summed E-state index contributed by atoms with van der Waals surface area (Å²) in [6, 6.07) is 18.1. The Hall–Kier alpha value is -2.78. The second-order valence-electron chi connectivity index (χ2n) is 8.26. The van der Waals surface area contributed by atoms with E-state index in [2.05, 4.69) is 40.0 Å². The average Bonchev–Trinajstić information content (AvgIpc) is 3.38. The molecule has 0 bridgehead atoms. The van der Waals surface area contributed by atoms with E-state index in [1.165, 1.54) is 17.0 Å². The van der Waals surface area contributed by atoms with E-state index < -0.39 is 27.6 Å². The maximum atomic E-state index is 12.6. The molecule has 0 amide bonds. The van der Waals surface area contributed by atoms with Crippen LogP contribution >= 0.6 is 11.3 Å². The molecule has 0 radical (unpaired) electrons. The molecule has 1 aliphatic heterocycles. The zero-order valence-electron chi connectivity index (χ0n) is 19.3. The molecule has 35 heavy (non-hydrogen) atoms. The van der Waals surface area contributed by atoms with Crippen LogP contribution in [0.4, 0.5) is 5.69 Å². The number of ether oxygens (including phenoxy) is 1. The lowest BCUT2D eigenvalue weighted by Crippen LogP contribution is -2.36. The number of benzene rings is 2. The largest absolute Gasteiger partial charge is 0.394 e. The second kappa shape index (κ2) is 10.9. The zero-order valence-corrected chi connectivity index (χ0v) is 20.9. The smallest absolute Gasteiger partial charge is 0.251 e. The van der Waals surface area contributed by atoms with Gasteiger partial charge in [0.1, 0.15) is 6.07 Å². The van der Waals surface area contributed by atoms with Gasteiger partial charge in [-0.15, -0.1) is 11.3 Å². The van der Waals surface area contributed by atoms with E-state index in [0.29, 0.717) is 10.5 Å². The van der Waals surface area contributed by atoms with Crippen LogP contribution in [-0.4, -0.2) is 64.2 Å². The molecule has 1 atom stereocenters. The highest BCUT2D eigenvalue weighted by Gasteiger charge is 2.23. The van der Waals surface area contributed by atoms with Crippen LogP contribution in [0.2, 0.25) is 0 Å². The molecule has 2 aromatic carbocycles. The van der Waals surface area contributed by atoms with Crippen molar-refractivity contribution in [1.29, 1.82) is 5.26 Å². The summed E-state index contributed by atoms with van der Waals surface area (Å²) >= 11 is 1.40. The van der Waals surface area contributed by atoms with Gasteiger partial charge in [0.25, 0.3) is 10.0 Å². The molecule has 1 aromatic heterocycles. The van der Waals surface area contributed by atoms with Crippen molar-refractivity contribution in [2.24, 2.45) is 0 Å². The molecule has 184 valence electrons. The van der Waals surface area contributed by atoms with Crippen LogP contribution < -0.4 is 9.62 Å². The van der Waals surface area contributed by atoms with Crippen LogP contribution in [0, 0.1) is 11.3 Å². The van der Waals surface area contributed by atoms with E-state index in [1.807, 2.05) is 12.1 Å². The van der Waals surface area contributed by atoms with E-state index in [1.54, 1.807) is 19.1 Å².